The number of hydrogen-bond acceptors (Lipinski definition) is 5. The van der Waals surface area contributed by atoms with E-state index in [1.807, 2.05) is 12.1 Å². The minimum atomic E-state index is -0.181. The highest BCUT2D eigenvalue weighted by atomic mass is 16.1. The van der Waals surface area contributed by atoms with Crippen LogP contribution in [0.15, 0.2) is 58.3 Å². The van der Waals surface area contributed by atoms with Gasteiger partial charge in [0.05, 0.1) is 23.0 Å². The van der Waals surface area contributed by atoms with Crippen LogP contribution in [0.3, 0.4) is 0 Å². The highest BCUT2D eigenvalue weighted by molar-refractivity contribution is 6.12. The van der Waals surface area contributed by atoms with Gasteiger partial charge in [-0.25, -0.2) is 10.1 Å². The molecule has 2 aliphatic heterocycles. The molecular weight excluding hydrogens is 338 g/mol. The number of aliphatic imine (C=N–C) groups is 1. The molecule has 3 aromatic rings. The number of anilines is 1. The van der Waals surface area contributed by atoms with E-state index in [0.717, 1.165) is 49.4 Å². The quantitative estimate of drug-likeness (QED) is 0.753. The number of benzene rings is 2. The fourth-order valence-electron chi connectivity index (χ4n) is 4.13. The van der Waals surface area contributed by atoms with Crippen LogP contribution in [-0.2, 0) is 0 Å². The van der Waals surface area contributed by atoms with E-state index >= 15 is 0 Å². The van der Waals surface area contributed by atoms with E-state index in [0.29, 0.717) is 17.1 Å². The zero-order valence-electron chi connectivity index (χ0n) is 15.0. The smallest absolute Gasteiger partial charge is 0.272 e. The third kappa shape index (κ3) is 3.02. The molecule has 2 aromatic carbocycles. The molecule has 0 radical (unpaired) electrons. The first-order valence-electron chi connectivity index (χ1n) is 9.41. The number of nitrogens with one attached hydrogen (secondary N) is 2. The van der Waals surface area contributed by atoms with Gasteiger partial charge < -0.3 is 5.32 Å². The van der Waals surface area contributed by atoms with Gasteiger partial charge in [0.1, 0.15) is 5.84 Å². The molecule has 27 heavy (non-hydrogen) atoms. The molecular formula is C21H21N5O. The Balaban J connectivity index is 1.32. The predicted octanol–water partition coefficient (Wildman–Crippen LogP) is 3.26. The van der Waals surface area contributed by atoms with E-state index in [-0.39, 0.29) is 5.56 Å². The Hall–Kier alpha value is -2.99. The minimum absolute atomic E-state index is 0.181. The zero-order valence-corrected chi connectivity index (χ0v) is 15.0. The van der Waals surface area contributed by atoms with E-state index in [2.05, 4.69) is 50.7 Å². The Morgan fingerprint density at radius 2 is 1.85 bits per heavy atom. The maximum atomic E-state index is 12.0. The fourth-order valence-corrected chi connectivity index (χ4v) is 4.13. The number of rotatable bonds is 3. The zero-order chi connectivity index (χ0) is 18.2. The van der Waals surface area contributed by atoms with Crippen molar-refractivity contribution >= 4 is 28.1 Å². The molecule has 2 N–H and O–H groups in total. The molecule has 6 nitrogen and oxygen atoms in total. The number of aromatic amines is 1. The van der Waals surface area contributed by atoms with Crippen molar-refractivity contribution in [2.45, 2.75) is 18.8 Å². The fraction of sp³-hybridized carbons (Fsp3) is 0.286. The average molecular weight is 359 g/mol. The van der Waals surface area contributed by atoms with Crippen LogP contribution in [0.5, 0.6) is 0 Å². The summed E-state index contributed by atoms with van der Waals surface area (Å²) >= 11 is 0. The van der Waals surface area contributed by atoms with E-state index in [4.69, 9.17) is 4.99 Å². The summed E-state index contributed by atoms with van der Waals surface area (Å²) in [5, 5.41) is 11.5. The van der Waals surface area contributed by atoms with Crippen molar-refractivity contribution in [3.05, 3.63) is 64.4 Å². The second-order valence-electron chi connectivity index (χ2n) is 7.25. The number of H-pyrrole nitrogens is 1. The lowest BCUT2D eigenvalue weighted by atomic mass is 9.89. The molecule has 5 rings (SSSR count). The summed E-state index contributed by atoms with van der Waals surface area (Å²) in [6, 6.07) is 16.4. The van der Waals surface area contributed by atoms with Crippen molar-refractivity contribution in [1.82, 2.24) is 15.1 Å². The van der Waals surface area contributed by atoms with Gasteiger partial charge in [0.25, 0.3) is 5.56 Å². The van der Waals surface area contributed by atoms with Gasteiger partial charge in [-0.15, -0.1) is 0 Å². The lowest BCUT2D eigenvalue weighted by Gasteiger charge is -2.33. The maximum absolute atomic E-state index is 12.0. The summed E-state index contributed by atoms with van der Waals surface area (Å²) in [4.78, 5) is 19.1. The van der Waals surface area contributed by atoms with E-state index in [1.54, 1.807) is 6.07 Å². The van der Waals surface area contributed by atoms with E-state index in [1.165, 1.54) is 5.56 Å². The number of piperidine rings is 1. The van der Waals surface area contributed by atoms with Crippen LogP contribution in [0.4, 0.5) is 11.5 Å². The van der Waals surface area contributed by atoms with Crippen molar-refractivity contribution in [1.29, 1.82) is 0 Å². The monoisotopic (exact) mass is 359 g/mol. The van der Waals surface area contributed by atoms with Crippen molar-refractivity contribution in [3.8, 4) is 0 Å². The molecule has 0 atom stereocenters. The van der Waals surface area contributed by atoms with Gasteiger partial charge in [0.15, 0.2) is 5.82 Å². The first-order chi connectivity index (χ1) is 13.3. The van der Waals surface area contributed by atoms with Crippen molar-refractivity contribution in [3.63, 3.8) is 0 Å². The van der Waals surface area contributed by atoms with Crippen LogP contribution in [0.25, 0.3) is 10.8 Å². The van der Waals surface area contributed by atoms with Crippen LogP contribution in [0.1, 0.15) is 24.3 Å². The summed E-state index contributed by atoms with van der Waals surface area (Å²) in [5.74, 6) is 2.21. The summed E-state index contributed by atoms with van der Waals surface area (Å²) < 4.78 is 0. The average Bonchev–Trinajstić information content (AvgIpc) is 2.72. The molecule has 136 valence electrons. The van der Waals surface area contributed by atoms with E-state index < -0.39 is 0 Å². The van der Waals surface area contributed by atoms with E-state index in [9.17, 15) is 4.79 Å². The molecule has 0 amide bonds. The van der Waals surface area contributed by atoms with Gasteiger partial charge in [0.2, 0.25) is 0 Å². The highest BCUT2D eigenvalue weighted by Crippen LogP contribution is 2.33. The van der Waals surface area contributed by atoms with Crippen LogP contribution in [0.2, 0.25) is 0 Å². The largest absolute Gasteiger partial charge is 0.325 e. The molecule has 1 fully saturated rings. The third-order valence-corrected chi connectivity index (χ3v) is 5.54. The number of nitrogens with zero attached hydrogens (tertiary/aromatic N) is 3. The van der Waals surface area contributed by atoms with Crippen molar-refractivity contribution in [2.75, 3.05) is 25.0 Å². The molecule has 3 heterocycles. The minimum Gasteiger partial charge on any atom is -0.325 e. The summed E-state index contributed by atoms with van der Waals surface area (Å²) in [6.45, 7) is 2.87. The van der Waals surface area contributed by atoms with Gasteiger partial charge in [-0.1, -0.05) is 36.4 Å². The standard InChI is InChI=1S/C21H21N5O/c27-21-16-7-4-8-17-19(16)20(24-25-21)23-18(22-17)13-26-11-9-15(10-12-26)14-5-2-1-3-6-14/h1-8,15H,9-13H2,(H,25,27)(H,22,23,24). The van der Waals surface area contributed by atoms with Crippen molar-refractivity contribution < 1.29 is 0 Å². The topological polar surface area (TPSA) is 73.4 Å². The summed E-state index contributed by atoms with van der Waals surface area (Å²) in [5.41, 5.74) is 2.08. The molecule has 6 heteroatoms. The Labute approximate surface area is 156 Å². The number of hydrogen-bond donors (Lipinski definition) is 2. The first kappa shape index (κ1) is 16.2. The normalized spacial score (nSPS) is 17.6. The maximum Gasteiger partial charge on any atom is 0.272 e. The molecule has 2 aliphatic rings. The highest BCUT2D eigenvalue weighted by Gasteiger charge is 2.23. The molecule has 0 unspecified atom stereocenters. The lowest BCUT2D eigenvalue weighted by Crippen LogP contribution is -2.39. The van der Waals surface area contributed by atoms with Gasteiger partial charge in [-0.2, -0.15) is 5.10 Å². The van der Waals surface area contributed by atoms with Gasteiger partial charge in [0, 0.05) is 0 Å². The SMILES string of the molecule is O=c1[nH]nc2c3c(cccc13)N=C(CN1CCC(c3ccccc3)CC1)N2. The molecule has 0 spiro atoms. The van der Waals surface area contributed by atoms with Crippen LogP contribution in [0, 0.1) is 0 Å². The number of amidine groups is 1. The second-order valence-corrected chi connectivity index (χ2v) is 7.25. The van der Waals surface area contributed by atoms with Crippen LogP contribution in [-0.4, -0.2) is 40.6 Å². The van der Waals surface area contributed by atoms with Crippen LogP contribution >= 0.6 is 0 Å². The summed E-state index contributed by atoms with van der Waals surface area (Å²) in [6.07, 6.45) is 2.32. The van der Waals surface area contributed by atoms with Gasteiger partial charge in [-0.3, -0.25) is 9.69 Å². The van der Waals surface area contributed by atoms with Gasteiger partial charge in [-0.05, 0) is 49.5 Å². The molecule has 1 aromatic heterocycles. The van der Waals surface area contributed by atoms with Crippen LogP contribution < -0.4 is 10.9 Å². The molecule has 1 saturated heterocycles. The lowest BCUT2D eigenvalue weighted by molar-refractivity contribution is 0.238. The number of aromatic nitrogens is 2. The third-order valence-electron chi connectivity index (χ3n) is 5.54. The van der Waals surface area contributed by atoms with Gasteiger partial charge >= 0.3 is 0 Å². The number of likely N-dealkylation sites (tertiary alicyclic amines) is 1. The summed E-state index contributed by atoms with van der Waals surface area (Å²) in [7, 11) is 0. The second kappa shape index (κ2) is 6.63. The Morgan fingerprint density at radius 1 is 1.04 bits per heavy atom. The Bertz CT molecular complexity index is 1060. The van der Waals surface area contributed by atoms with Crippen molar-refractivity contribution in [2.24, 2.45) is 4.99 Å². The predicted molar refractivity (Wildman–Crippen MR) is 108 cm³/mol. The first-order valence-corrected chi connectivity index (χ1v) is 9.41. The Kier molecular flexibility index (Phi) is 3.98. The molecule has 0 aliphatic carbocycles. The molecule has 0 bridgehead atoms. The Morgan fingerprint density at radius 3 is 2.67 bits per heavy atom. The molecule has 0 saturated carbocycles.